The molecule has 0 aliphatic rings. The zero-order chi connectivity index (χ0) is 21.5. The molecule has 0 saturated heterocycles. The molecule has 0 unspecified atom stereocenters. The molecule has 0 fully saturated rings. The molecule has 0 aliphatic carbocycles. The maximum absolute atomic E-state index is 4.70. The molecule has 154 valence electrons. The van der Waals surface area contributed by atoms with Gasteiger partial charge in [0.2, 0.25) is 0 Å². The number of hydrogen-bond donors (Lipinski definition) is 0. The van der Waals surface area contributed by atoms with E-state index in [0.29, 0.717) is 0 Å². The summed E-state index contributed by atoms with van der Waals surface area (Å²) in [4.78, 5) is 0. The summed E-state index contributed by atoms with van der Waals surface area (Å²) in [6.07, 6.45) is 0. The zero-order valence-corrected chi connectivity index (χ0v) is 22.0. The first-order valence-electron chi connectivity index (χ1n) is 10.1. The normalized spacial score (nSPS) is 9.39. The van der Waals surface area contributed by atoms with Crippen LogP contribution in [0.25, 0.3) is 11.0 Å². The first-order chi connectivity index (χ1) is 14.5. The van der Waals surface area contributed by atoms with Crippen molar-refractivity contribution >= 4 is 19.5 Å². The quantitative estimate of drug-likeness (QED) is 0.152. The van der Waals surface area contributed by atoms with Gasteiger partial charge in [0.05, 0.1) is 0 Å². The van der Waals surface area contributed by atoms with Gasteiger partial charge in [0.25, 0.3) is 0 Å². The largest absolute Gasteiger partial charge is 4.00 e. The van der Waals surface area contributed by atoms with Gasteiger partial charge in [0.15, 0.2) is 0 Å². The molecule has 4 aromatic carbocycles. The standard InChI is InChI=1S/C18H19NSi.2C5H5.Zr/c1-20(2,3)15-14-18(16-10-6-4-7-11-16)19-17-12-8-5-9-13-17;2*1-2-4-5-3-1;/h4-13H,1-3H3;2*1-5H;/q-2;2*-1;+4. The Hall–Kier alpha value is -2.44. The maximum atomic E-state index is 4.70. The molecular formula is C28H29NSiZr. The third kappa shape index (κ3) is 12.8. The minimum atomic E-state index is -1.41. The average molecular weight is 499 g/mol. The van der Waals surface area contributed by atoms with Crippen molar-refractivity contribution in [3.05, 3.63) is 144 Å². The van der Waals surface area contributed by atoms with Crippen molar-refractivity contribution in [1.82, 2.24) is 0 Å². The van der Waals surface area contributed by atoms with Crippen molar-refractivity contribution in [2.24, 2.45) is 0 Å². The summed E-state index contributed by atoms with van der Waals surface area (Å²) in [6.45, 7) is 6.72. The third-order valence-electron chi connectivity index (χ3n) is 3.71. The maximum Gasteiger partial charge on any atom is 4.00 e. The Morgan fingerprint density at radius 1 is 0.710 bits per heavy atom. The van der Waals surface area contributed by atoms with Crippen LogP contribution in [0.4, 0.5) is 5.69 Å². The molecule has 0 N–H and O–H groups in total. The van der Waals surface area contributed by atoms with Gasteiger partial charge >= 0.3 is 26.2 Å². The molecule has 4 aromatic rings. The van der Waals surface area contributed by atoms with Gasteiger partial charge in [-0.2, -0.15) is 36.4 Å². The van der Waals surface area contributed by atoms with E-state index in [1.165, 1.54) is 0 Å². The Labute approximate surface area is 208 Å². The van der Waals surface area contributed by atoms with Crippen molar-refractivity contribution in [1.29, 1.82) is 0 Å². The molecule has 3 heteroatoms. The van der Waals surface area contributed by atoms with Crippen molar-refractivity contribution in [2.75, 3.05) is 0 Å². The van der Waals surface area contributed by atoms with Crippen LogP contribution in [-0.2, 0) is 26.2 Å². The van der Waals surface area contributed by atoms with Crippen LogP contribution in [0.3, 0.4) is 0 Å². The second-order valence-corrected chi connectivity index (χ2v) is 12.3. The summed E-state index contributed by atoms with van der Waals surface area (Å²) in [6, 6.07) is 40.1. The summed E-state index contributed by atoms with van der Waals surface area (Å²) in [5.41, 5.74) is 9.54. The fourth-order valence-electron chi connectivity index (χ4n) is 2.28. The second-order valence-electron chi connectivity index (χ2n) is 7.59. The van der Waals surface area contributed by atoms with E-state index >= 15 is 0 Å². The van der Waals surface area contributed by atoms with Crippen molar-refractivity contribution < 1.29 is 26.2 Å². The molecule has 0 aromatic heterocycles. The number of benzene rings is 2. The SMILES string of the molecule is C[Si](C)(C)[C-]=C=C([N-]c1ccccc1)c1ccccc1.[Zr+4].c1cc[cH-]c1.c1cc[cH-]c1. The second kappa shape index (κ2) is 15.4. The van der Waals surface area contributed by atoms with E-state index in [4.69, 9.17) is 5.32 Å². The molecule has 0 saturated carbocycles. The predicted molar refractivity (Wildman–Crippen MR) is 133 cm³/mol. The third-order valence-corrected chi connectivity index (χ3v) is 4.59. The molecule has 0 atom stereocenters. The summed E-state index contributed by atoms with van der Waals surface area (Å²) in [5.74, 6) is 0. The number of rotatable bonds is 4. The predicted octanol–water partition coefficient (Wildman–Crippen LogP) is 8.38. The Morgan fingerprint density at radius 3 is 1.55 bits per heavy atom. The molecule has 0 radical (unpaired) electrons. The first-order valence-corrected chi connectivity index (χ1v) is 13.6. The Balaban J connectivity index is 0.000000356. The Kier molecular flexibility index (Phi) is 13.2. The average Bonchev–Trinajstić information content (AvgIpc) is 3.51. The van der Waals surface area contributed by atoms with Crippen LogP contribution in [0.5, 0.6) is 0 Å². The molecule has 0 bridgehead atoms. The van der Waals surface area contributed by atoms with E-state index in [1.54, 1.807) is 0 Å². The van der Waals surface area contributed by atoms with E-state index < -0.39 is 8.07 Å². The summed E-state index contributed by atoms with van der Waals surface area (Å²) in [7, 11) is -1.41. The van der Waals surface area contributed by atoms with Gasteiger partial charge in [-0.3, -0.25) is 5.70 Å². The van der Waals surface area contributed by atoms with Crippen molar-refractivity contribution in [3.8, 4) is 0 Å². The summed E-state index contributed by atoms with van der Waals surface area (Å²) >= 11 is 0. The van der Waals surface area contributed by atoms with Gasteiger partial charge in [0, 0.05) is 0 Å². The molecule has 4 rings (SSSR count). The van der Waals surface area contributed by atoms with Gasteiger partial charge in [0.1, 0.15) is 0 Å². The van der Waals surface area contributed by atoms with Gasteiger partial charge in [-0.25, -0.2) is 30.0 Å². The van der Waals surface area contributed by atoms with Gasteiger partial charge in [-0.1, -0.05) is 80.3 Å². The molecule has 0 spiro atoms. The van der Waals surface area contributed by atoms with E-state index in [2.05, 4.69) is 43.2 Å². The van der Waals surface area contributed by atoms with E-state index in [1.807, 2.05) is 109 Å². The first kappa shape index (κ1) is 26.6. The van der Waals surface area contributed by atoms with Crippen molar-refractivity contribution in [3.63, 3.8) is 0 Å². The number of hydrogen-bond acceptors (Lipinski definition) is 0. The topological polar surface area (TPSA) is 14.1 Å². The van der Waals surface area contributed by atoms with Gasteiger partial charge < -0.3 is 11.0 Å². The van der Waals surface area contributed by atoms with E-state index in [0.717, 1.165) is 16.9 Å². The van der Waals surface area contributed by atoms with Gasteiger partial charge in [-0.15, -0.1) is 11.3 Å². The molecule has 0 aliphatic heterocycles. The molecule has 31 heavy (non-hydrogen) atoms. The minimum absolute atomic E-state index is 0. The molecule has 0 heterocycles. The smallest absolute Gasteiger partial charge is 0.736 e. The fourth-order valence-corrected chi connectivity index (χ4v) is 2.77. The minimum Gasteiger partial charge on any atom is -0.736 e. The summed E-state index contributed by atoms with van der Waals surface area (Å²) < 4.78 is 0. The van der Waals surface area contributed by atoms with E-state index in [-0.39, 0.29) is 26.2 Å². The van der Waals surface area contributed by atoms with E-state index in [9.17, 15) is 0 Å². The van der Waals surface area contributed by atoms with Crippen LogP contribution in [0.2, 0.25) is 19.6 Å². The monoisotopic (exact) mass is 497 g/mol. The number of nitrogens with zero attached hydrogens (tertiary/aromatic N) is 1. The van der Waals surface area contributed by atoms with Crippen LogP contribution >= 0.6 is 0 Å². The van der Waals surface area contributed by atoms with Crippen LogP contribution < -0.4 is 0 Å². The van der Waals surface area contributed by atoms with Crippen molar-refractivity contribution in [2.45, 2.75) is 19.6 Å². The zero-order valence-electron chi connectivity index (χ0n) is 18.5. The van der Waals surface area contributed by atoms with Crippen LogP contribution in [-0.4, -0.2) is 8.07 Å². The summed E-state index contributed by atoms with van der Waals surface area (Å²) in [5, 5.41) is 4.70. The molecular weight excluding hydrogens is 470 g/mol. The molecule has 0 amide bonds. The van der Waals surface area contributed by atoms with Crippen LogP contribution in [0.15, 0.2) is 127 Å². The Bertz CT molecular complexity index is 900. The van der Waals surface area contributed by atoms with Gasteiger partial charge in [-0.05, 0) is 8.07 Å². The fraction of sp³-hybridized carbons (Fsp3) is 0.107. The van der Waals surface area contributed by atoms with Crippen LogP contribution in [0.1, 0.15) is 5.56 Å². The number of para-hydroxylation sites is 1. The van der Waals surface area contributed by atoms with Crippen LogP contribution in [0, 0.1) is 5.70 Å². The Morgan fingerprint density at radius 2 is 1.16 bits per heavy atom. The molecule has 1 nitrogen and oxygen atoms in total.